The Morgan fingerprint density at radius 3 is 2.60 bits per heavy atom. The molecule has 0 saturated heterocycles. The molecule has 0 bridgehead atoms. The molecule has 1 rings (SSSR count). The smallest absolute Gasteiger partial charge is 0.234 e. The van der Waals surface area contributed by atoms with Crippen molar-refractivity contribution < 1.29 is 9.53 Å². The molecule has 0 radical (unpaired) electrons. The summed E-state index contributed by atoms with van der Waals surface area (Å²) in [6, 6.07) is 8.26. The summed E-state index contributed by atoms with van der Waals surface area (Å²) in [5.41, 5.74) is 1.23. The molecule has 0 aliphatic heterocycles. The monoisotopic (exact) mass is 278 g/mol. The predicted octanol–water partition coefficient (Wildman–Crippen LogP) is 2.13. The number of benzene rings is 1. The van der Waals surface area contributed by atoms with Gasteiger partial charge < -0.3 is 15.4 Å². The van der Waals surface area contributed by atoms with E-state index in [0.717, 1.165) is 31.6 Å². The summed E-state index contributed by atoms with van der Waals surface area (Å²) in [7, 11) is 1.66. The van der Waals surface area contributed by atoms with Crippen molar-refractivity contribution >= 4 is 5.91 Å². The molecular formula is C16H26N2O2. The molecule has 0 fully saturated rings. The Morgan fingerprint density at radius 1 is 1.30 bits per heavy atom. The molecule has 4 heteroatoms. The molecule has 112 valence electrons. The van der Waals surface area contributed by atoms with Crippen LogP contribution in [0.15, 0.2) is 24.3 Å². The van der Waals surface area contributed by atoms with Gasteiger partial charge in [0.25, 0.3) is 0 Å². The van der Waals surface area contributed by atoms with Crippen LogP contribution in [0.2, 0.25) is 0 Å². The normalized spacial score (nSPS) is 11.9. The Kier molecular flexibility index (Phi) is 7.73. The number of hydrogen-bond acceptors (Lipinski definition) is 3. The second kappa shape index (κ2) is 9.37. The molecule has 0 heterocycles. The van der Waals surface area contributed by atoms with Gasteiger partial charge in [-0.15, -0.1) is 0 Å². The Labute approximate surface area is 121 Å². The molecule has 0 spiro atoms. The Morgan fingerprint density at radius 2 is 2.00 bits per heavy atom. The lowest BCUT2D eigenvalue weighted by molar-refractivity contribution is -0.120. The van der Waals surface area contributed by atoms with E-state index >= 15 is 0 Å². The van der Waals surface area contributed by atoms with Crippen LogP contribution in [-0.4, -0.2) is 32.1 Å². The fourth-order valence-electron chi connectivity index (χ4n) is 2.06. The van der Waals surface area contributed by atoms with E-state index < -0.39 is 0 Å². The highest BCUT2D eigenvalue weighted by atomic mass is 16.5. The second-order valence-corrected chi connectivity index (χ2v) is 5.03. The minimum absolute atomic E-state index is 0.0701. The van der Waals surface area contributed by atoms with Crippen LogP contribution < -0.4 is 15.4 Å². The van der Waals surface area contributed by atoms with E-state index in [1.54, 1.807) is 7.11 Å². The number of carbonyl (C=O) groups excluding carboxylic acids is 1. The van der Waals surface area contributed by atoms with E-state index in [1.807, 2.05) is 31.2 Å². The van der Waals surface area contributed by atoms with Gasteiger partial charge in [-0.1, -0.05) is 25.5 Å². The molecule has 1 aromatic rings. The maximum absolute atomic E-state index is 11.6. The van der Waals surface area contributed by atoms with Crippen LogP contribution >= 0.6 is 0 Å². The summed E-state index contributed by atoms with van der Waals surface area (Å²) in [6.45, 7) is 5.33. The lowest BCUT2D eigenvalue weighted by atomic mass is 10.1. The lowest BCUT2D eigenvalue weighted by Gasteiger charge is -2.13. The van der Waals surface area contributed by atoms with Gasteiger partial charge in [0.15, 0.2) is 0 Å². The van der Waals surface area contributed by atoms with Crippen molar-refractivity contribution in [2.75, 3.05) is 20.2 Å². The number of carbonyl (C=O) groups is 1. The van der Waals surface area contributed by atoms with Crippen molar-refractivity contribution in [3.63, 3.8) is 0 Å². The van der Waals surface area contributed by atoms with Crippen LogP contribution in [0.5, 0.6) is 5.75 Å². The fraction of sp³-hybridized carbons (Fsp3) is 0.562. The van der Waals surface area contributed by atoms with Gasteiger partial charge in [-0.05, 0) is 44.0 Å². The van der Waals surface area contributed by atoms with E-state index in [-0.39, 0.29) is 11.9 Å². The molecule has 2 N–H and O–H groups in total. The fourth-order valence-corrected chi connectivity index (χ4v) is 2.06. The van der Waals surface area contributed by atoms with Gasteiger partial charge in [-0.25, -0.2) is 0 Å². The molecule has 4 nitrogen and oxygen atoms in total. The zero-order chi connectivity index (χ0) is 14.8. The van der Waals surface area contributed by atoms with Crippen molar-refractivity contribution in [3.05, 3.63) is 29.8 Å². The summed E-state index contributed by atoms with van der Waals surface area (Å²) in [5.74, 6) is 0.937. The van der Waals surface area contributed by atoms with Crippen molar-refractivity contribution in [2.45, 2.75) is 39.2 Å². The number of amides is 1. The Balaban J connectivity index is 2.16. The summed E-state index contributed by atoms with van der Waals surface area (Å²) >= 11 is 0. The first-order valence-electron chi connectivity index (χ1n) is 7.28. The first kappa shape index (κ1) is 16.5. The lowest BCUT2D eigenvalue weighted by Crippen LogP contribution is -2.39. The number of rotatable bonds is 9. The van der Waals surface area contributed by atoms with Crippen LogP contribution in [0.4, 0.5) is 0 Å². The van der Waals surface area contributed by atoms with Crippen molar-refractivity contribution in [2.24, 2.45) is 0 Å². The van der Waals surface area contributed by atoms with Crippen molar-refractivity contribution in [1.82, 2.24) is 10.6 Å². The minimum atomic E-state index is 0.0701. The van der Waals surface area contributed by atoms with Crippen LogP contribution in [0.25, 0.3) is 0 Å². The largest absolute Gasteiger partial charge is 0.497 e. The number of methoxy groups -OCH3 is 1. The molecule has 0 saturated carbocycles. The van der Waals surface area contributed by atoms with Crippen LogP contribution in [0.1, 0.15) is 32.3 Å². The molecular weight excluding hydrogens is 252 g/mol. The maximum atomic E-state index is 11.6. The molecule has 1 atom stereocenters. The molecule has 1 aromatic carbocycles. The highest BCUT2D eigenvalue weighted by Crippen LogP contribution is 2.11. The van der Waals surface area contributed by atoms with Gasteiger partial charge in [0.2, 0.25) is 5.91 Å². The topological polar surface area (TPSA) is 50.4 Å². The molecule has 0 aliphatic carbocycles. The third-order valence-electron chi connectivity index (χ3n) is 3.16. The van der Waals surface area contributed by atoms with Gasteiger partial charge in [0, 0.05) is 6.04 Å². The standard InChI is InChI=1S/C16H26N2O2/c1-4-5-13(2)18-16(19)12-17-11-10-14-6-8-15(20-3)9-7-14/h6-9,13,17H,4-5,10-12H2,1-3H3,(H,18,19). The van der Waals surface area contributed by atoms with Gasteiger partial charge in [-0.2, -0.15) is 0 Å². The third-order valence-corrected chi connectivity index (χ3v) is 3.16. The SMILES string of the molecule is CCCC(C)NC(=O)CNCCc1ccc(OC)cc1. The van der Waals surface area contributed by atoms with Crippen LogP contribution in [-0.2, 0) is 11.2 Å². The first-order valence-corrected chi connectivity index (χ1v) is 7.28. The highest BCUT2D eigenvalue weighted by Gasteiger charge is 2.05. The van der Waals surface area contributed by atoms with Gasteiger partial charge in [-0.3, -0.25) is 4.79 Å². The van der Waals surface area contributed by atoms with Crippen molar-refractivity contribution in [1.29, 1.82) is 0 Å². The zero-order valence-electron chi connectivity index (χ0n) is 12.7. The molecule has 1 amide bonds. The average Bonchev–Trinajstić information content (AvgIpc) is 2.44. The van der Waals surface area contributed by atoms with Gasteiger partial charge in [0.05, 0.1) is 13.7 Å². The Hall–Kier alpha value is -1.55. The molecule has 20 heavy (non-hydrogen) atoms. The summed E-state index contributed by atoms with van der Waals surface area (Å²) < 4.78 is 5.11. The van der Waals surface area contributed by atoms with E-state index in [4.69, 9.17) is 4.74 Å². The molecule has 1 unspecified atom stereocenters. The minimum Gasteiger partial charge on any atom is -0.497 e. The first-order chi connectivity index (χ1) is 9.65. The summed E-state index contributed by atoms with van der Waals surface area (Å²) in [4.78, 5) is 11.6. The third kappa shape index (κ3) is 6.57. The van der Waals surface area contributed by atoms with Crippen molar-refractivity contribution in [3.8, 4) is 5.75 Å². The Bertz CT molecular complexity index is 390. The van der Waals surface area contributed by atoms with E-state index in [2.05, 4.69) is 17.6 Å². The quantitative estimate of drug-likeness (QED) is 0.680. The zero-order valence-corrected chi connectivity index (χ0v) is 12.7. The highest BCUT2D eigenvalue weighted by molar-refractivity contribution is 5.78. The number of ether oxygens (including phenoxy) is 1. The van der Waals surface area contributed by atoms with Gasteiger partial charge in [0.1, 0.15) is 5.75 Å². The predicted molar refractivity (Wildman–Crippen MR) is 82.1 cm³/mol. The number of hydrogen-bond donors (Lipinski definition) is 2. The average molecular weight is 278 g/mol. The van der Waals surface area contributed by atoms with E-state index in [1.165, 1.54) is 5.56 Å². The summed E-state index contributed by atoms with van der Waals surface area (Å²) in [6.07, 6.45) is 3.02. The maximum Gasteiger partial charge on any atom is 0.234 e. The van der Waals surface area contributed by atoms with E-state index in [9.17, 15) is 4.79 Å². The van der Waals surface area contributed by atoms with Gasteiger partial charge >= 0.3 is 0 Å². The molecule has 0 aromatic heterocycles. The summed E-state index contributed by atoms with van der Waals surface area (Å²) in [5, 5.41) is 6.14. The van der Waals surface area contributed by atoms with E-state index in [0.29, 0.717) is 6.54 Å². The van der Waals surface area contributed by atoms with Crippen LogP contribution in [0.3, 0.4) is 0 Å². The van der Waals surface area contributed by atoms with Crippen LogP contribution in [0, 0.1) is 0 Å². The molecule has 0 aliphatic rings. The second-order valence-electron chi connectivity index (χ2n) is 5.03. The number of nitrogens with one attached hydrogen (secondary N) is 2.